The van der Waals surface area contributed by atoms with E-state index in [1.54, 1.807) is 42.4 Å². The number of H-pyrrole nitrogens is 1. The molecule has 1 unspecified atom stereocenters. The van der Waals surface area contributed by atoms with Crippen molar-refractivity contribution >= 4 is 22.8 Å². The van der Waals surface area contributed by atoms with E-state index < -0.39 is 6.10 Å². The highest BCUT2D eigenvalue weighted by Crippen LogP contribution is 2.19. The van der Waals surface area contributed by atoms with Crippen molar-refractivity contribution in [1.82, 2.24) is 20.2 Å². The highest BCUT2D eigenvalue weighted by Gasteiger charge is 2.28. The van der Waals surface area contributed by atoms with Crippen LogP contribution in [0.15, 0.2) is 48.8 Å². The molecule has 0 radical (unpaired) electrons. The molecule has 3 aromatic rings. The van der Waals surface area contributed by atoms with E-state index in [1.165, 1.54) is 12.1 Å². The largest absolute Gasteiger partial charge is 0.508 e. The van der Waals surface area contributed by atoms with Crippen molar-refractivity contribution in [2.24, 2.45) is 0 Å². The van der Waals surface area contributed by atoms with Crippen molar-refractivity contribution in [3.8, 4) is 11.5 Å². The van der Waals surface area contributed by atoms with Gasteiger partial charge < -0.3 is 25.0 Å². The lowest BCUT2D eigenvalue weighted by atomic mass is 10.0. The maximum atomic E-state index is 12.7. The van der Waals surface area contributed by atoms with Gasteiger partial charge in [-0.3, -0.25) is 9.59 Å². The number of piperidine rings is 1. The number of ether oxygens (including phenoxy) is 1. The zero-order valence-electron chi connectivity index (χ0n) is 16.7. The van der Waals surface area contributed by atoms with Gasteiger partial charge in [0, 0.05) is 24.7 Å². The van der Waals surface area contributed by atoms with Gasteiger partial charge in [-0.15, -0.1) is 0 Å². The van der Waals surface area contributed by atoms with Gasteiger partial charge in [0.2, 0.25) is 0 Å². The maximum Gasteiger partial charge on any atom is 0.263 e. The average Bonchev–Trinajstić information content (AvgIpc) is 3.23. The van der Waals surface area contributed by atoms with E-state index in [1.807, 2.05) is 6.07 Å². The van der Waals surface area contributed by atoms with Crippen LogP contribution in [-0.2, 0) is 4.79 Å². The lowest BCUT2D eigenvalue weighted by molar-refractivity contribution is -0.139. The molecule has 1 aromatic heterocycles. The van der Waals surface area contributed by atoms with Crippen LogP contribution in [-0.4, -0.2) is 57.0 Å². The SMILES string of the molecule is CC(Oc1ccc(O)cc1)C(=O)N1CCC(NC(=O)c2ccc3nc[nH]c3c2)CC1. The van der Waals surface area contributed by atoms with Gasteiger partial charge in [0.15, 0.2) is 6.10 Å². The molecule has 1 aliphatic rings. The molecule has 2 amide bonds. The summed E-state index contributed by atoms with van der Waals surface area (Å²) in [5.41, 5.74) is 2.23. The van der Waals surface area contributed by atoms with E-state index in [4.69, 9.17) is 4.74 Å². The Balaban J connectivity index is 1.28. The lowest BCUT2D eigenvalue weighted by Gasteiger charge is -2.33. The number of rotatable bonds is 5. The molecular weight excluding hydrogens is 384 g/mol. The fourth-order valence-electron chi connectivity index (χ4n) is 3.63. The van der Waals surface area contributed by atoms with Crippen molar-refractivity contribution in [3.05, 3.63) is 54.4 Å². The summed E-state index contributed by atoms with van der Waals surface area (Å²) in [6.07, 6.45) is 2.36. The number of amides is 2. The van der Waals surface area contributed by atoms with Crippen LogP contribution in [0, 0.1) is 0 Å². The van der Waals surface area contributed by atoms with Crippen LogP contribution in [0.1, 0.15) is 30.1 Å². The normalized spacial score (nSPS) is 15.7. The third-order valence-electron chi connectivity index (χ3n) is 5.32. The Morgan fingerprint density at radius 1 is 1.20 bits per heavy atom. The number of carbonyl (C=O) groups is 2. The molecule has 1 atom stereocenters. The number of aromatic amines is 1. The second kappa shape index (κ2) is 8.44. The number of benzene rings is 2. The fourth-order valence-corrected chi connectivity index (χ4v) is 3.63. The third-order valence-corrected chi connectivity index (χ3v) is 5.32. The minimum absolute atomic E-state index is 0.0207. The molecule has 3 N–H and O–H groups in total. The highest BCUT2D eigenvalue weighted by atomic mass is 16.5. The number of imidazole rings is 1. The molecule has 0 saturated carbocycles. The Labute approximate surface area is 173 Å². The molecule has 2 heterocycles. The number of aromatic nitrogens is 2. The number of hydrogen-bond donors (Lipinski definition) is 3. The van der Waals surface area contributed by atoms with Crippen molar-refractivity contribution in [2.45, 2.75) is 31.9 Å². The summed E-state index contributed by atoms with van der Waals surface area (Å²) in [4.78, 5) is 34.2. The van der Waals surface area contributed by atoms with Gasteiger partial charge >= 0.3 is 0 Å². The number of phenolic OH excluding ortho intramolecular Hbond substituents is 1. The first-order chi connectivity index (χ1) is 14.5. The molecule has 2 aromatic carbocycles. The van der Waals surface area contributed by atoms with Crippen LogP contribution in [0.3, 0.4) is 0 Å². The Kier molecular flexibility index (Phi) is 5.56. The molecule has 30 heavy (non-hydrogen) atoms. The van der Waals surface area contributed by atoms with Crippen LogP contribution in [0.4, 0.5) is 0 Å². The Hall–Kier alpha value is -3.55. The van der Waals surface area contributed by atoms with Gasteiger partial charge in [0.05, 0.1) is 17.4 Å². The van der Waals surface area contributed by atoms with E-state index in [2.05, 4.69) is 15.3 Å². The molecular formula is C22H24N4O4. The molecule has 0 bridgehead atoms. The topological polar surface area (TPSA) is 108 Å². The molecule has 8 heteroatoms. The summed E-state index contributed by atoms with van der Waals surface area (Å²) in [5, 5.41) is 12.4. The van der Waals surface area contributed by atoms with Crippen molar-refractivity contribution in [2.75, 3.05) is 13.1 Å². The van der Waals surface area contributed by atoms with Crippen molar-refractivity contribution < 1.29 is 19.4 Å². The fraction of sp³-hybridized carbons (Fsp3) is 0.318. The second-order valence-corrected chi connectivity index (χ2v) is 7.46. The predicted octanol–water partition coefficient (Wildman–Crippen LogP) is 2.46. The number of fused-ring (bicyclic) bond motifs is 1. The molecule has 8 nitrogen and oxygen atoms in total. The van der Waals surface area contributed by atoms with Gasteiger partial charge in [0.1, 0.15) is 11.5 Å². The van der Waals surface area contributed by atoms with Gasteiger partial charge in [-0.1, -0.05) is 0 Å². The summed E-state index contributed by atoms with van der Waals surface area (Å²) in [5.74, 6) is 0.470. The number of likely N-dealkylation sites (tertiary alicyclic amines) is 1. The number of aromatic hydroxyl groups is 1. The summed E-state index contributed by atoms with van der Waals surface area (Å²) < 4.78 is 5.68. The van der Waals surface area contributed by atoms with Crippen LogP contribution >= 0.6 is 0 Å². The molecule has 4 rings (SSSR count). The molecule has 1 aliphatic heterocycles. The zero-order chi connectivity index (χ0) is 21.1. The van der Waals surface area contributed by atoms with Gasteiger partial charge in [-0.2, -0.15) is 0 Å². The van der Waals surface area contributed by atoms with Crippen LogP contribution < -0.4 is 10.1 Å². The van der Waals surface area contributed by atoms with Gasteiger partial charge in [0.25, 0.3) is 11.8 Å². The summed E-state index contributed by atoms with van der Waals surface area (Å²) in [6, 6.07) is 11.7. The monoisotopic (exact) mass is 408 g/mol. The van der Waals surface area contributed by atoms with E-state index >= 15 is 0 Å². The van der Waals surface area contributed by atoms with Gasteiger partial charge in [-0.05, 0) is 62.2 Å². The number of nitrogens with zero attached hydrogens (tertiary/aromatic N) is 2. The predicted molar refractivity (Wildman–Crippen MR) is 111 cm³/mol. The number of carbonyl (C=O) groups excluding carboxylic acids is 2. The van der Waals surface area contributed by atoms with Gasteiger partial charge in [-0.25, -0.2) is 4.98 Å². The Morgan fingerprint density at radius 3 is 2.67 bits per heavy atom. The quantitative estimate of drug-likeness (QED) is 0.601. The van der Waals surface area contributed by atoms with Crippen LogP contribution in [0.25, 0.3) is 11.0 Å². The van der Waals surface area contributed by atoms with E-state index in [0.717, 1.165) is 11.0 Å². The minimum Gasteiger partial charge on any atom is -0.508 e. The molecule has 0 spiro atoms. The first-order valence-electron chi connectivity index (χ1n) is 9.98. The first kappa shape index (κ1) is 19.8. The van der Waals surface area contributed by atoms with E-state index in [0.29, 0.717) is 37.2 Å². The molecule has 1 saturated heterocycles. The Morgan fingerprint density at radius 2 is 1.93 bits per heavy atom. The lowest BCUT2D eigenvalue weighted by Crippen LogP contribution is -2.49. The second-order valence-electron chi connectivity index (χ2n) is 7.46. The van der Waals surface area contributed by atoms with Crippen molar-refractivity contribution in [1.29, 1.82) is 0 Å². The van der Waals surface area contributed by atoms with Crippen LogP contribution in [0.2, 0.25) is 0 Å². The molecule has 0 aliphatic carbocycles. The van der Waals surface area contributed by atoms with E-state index in [-0.39, 0.29) is 23.6 Å². The third kappa shape index (κ3) is 4.37. The number of nitrogens with one attached hydrogen (secondary N) is 2. The van der Waals surface area contributed by atoms with E-state index in [9.17, 15) is 14.7 Å². The summed E-state index contributed by atoms with van der Waals surface area (Å²) in [7, 11) is 0. The Bertz CT molecular complexity index is 1040. The minimum atomic E-state index is -0.623. The van der Waals surface area contributed by atoms with Crippen LogP contribution in [0.5, 0.6) is 11.5 Å². The van der Waals surface area contributed by atoms with Crippen molar-refractivity contribution in [3.63, 3.8) is 0 Å². The maximum absolute atomic E-state index is 12.7. The standard InChI is InChI=1S/C22H24N4O4/c1-14(30-18-5-3-17(27)4-6-18)22(29)26-10-8-16(9-11-26)25-21(28)15-2-7-19-20(12-15)24-13-23-19/h2-7,12-14,16,27H,8-11H2,1H3,(H,23,24)(H,25,28). The smallest absolute Gasteiger partial charge is 0.263 e. The number of phenols is 1. The molecule has 156 valence electrons. The number of hydrogen-bond acceptors (Lipinski definition) is 5. The highest BCUT2D eigenvalue weighted by molar-refractivity contribution is 5.97. The molecule has 1 fully saturated rings. The first-order valence-corrected chi connectivity index (χ1v) is 9.98. The zero-order valence-corrected chi connectivity index (χ0v) is 16.7. The average molecular weight is 408 g/mol. The summed E-state index contributed by atoms with van der Waals surface area (Å²) in [6.45, 7) is 2.84. The summed E-state index contributed by atoms with van der Waals surface area (Å²) >= 11 is 0.